The summed E-state index contributed by atoms with van der Waals surface area (Å²) in [5.74, 6) is 2.41. The van der Waals surface area contributed by atoms with Crippen molar-refractivity contribution in [2.45, 2.75) is 31.7 Å². The molecule has 1 N–H and O–H groups in total. The first-order valence-corrected chi connectivity index (χ1v) is 11.4. The largest absolute Gasteiger partial charge is 0.497 e. The van der Waals surface area contributed by atoms with Gasteiger partial charge in [-0.15, -0.1) is 0 Å². The van der Waals surface area contributed by atoms with E-state index in [0.717, 1.165) is 43.1 Å². The van der Waals surface area contributed by atoms with Gasteiger partial charge in [-0.2, -0.15) is 0 Å². The molecule has 4 heteroatoms. The SMILES string of the molecule is COc1cccc(C(C)(CC=Cc2ccccc2)NCCCc2ccc(OC)c(OC)c2)c1. The van der Waals surface area contributed by atoms with Crippen molar-refractivity contribution in [1.29, 1.82) is 0 Å². The van der Waals surface area contributed by atoms with E-state index in [1.807, 2.05) is 18.2 Å². The van der Waals surface area contributed by atoms with Gasteiger partial charge in [0.1, 0.15) is 5.75 Å². The van der Waals surface area contributed by atoms with Crippen LogP contribution in [-0.4, -0.2) is 27.9 Å². The van der Waals surface area contributed by atoms with Crippen LogP contribution in [0.1, 0.15) is 36.5 Å². The summed E-state index contributed by atoms with van der Waals surface area (Å²) in [6.45, 7) is 3.15. The van der Waals surface area contributed by atoms with Crippen molar-refractivity contribution in [3.8, 4) is 17.2 Å². The number of ether oxygens (including phenoxy) is 3. The topological polar surface area (TPSA) is 39.7 Å². The third-order valence-electron chi connectivity index (χ3n) is 5.95. The van der Waals surface area contributed by atoms with Crippen molar-refractivity contribution in [2.24, 2.45) is 0 Å². The van der Waals surface area contributed by atoms with Crippen LogP contribution in [0.3, 0.4) is 0 Å². The predicted octanol–water partition coefficient (Wildman–Crippen LogP) is 6.25. The Bertz CT molecular complexity index is 1030. The summed E-state index contributed by atoms with van der Waals surface area (Å²) in [6, 6.07) is 24.9. The highest BCUT2D eigenvalue weighted by atomic mass is 16.5. The Kier molecular flexibility index (Phi) is 8.96. The zero-order chi connectivity index (χ0) is 23.5. The van der Waals surface area contributed by atoms with Crippen LogP contribution >= 0.6 is 0 Å². The molecule has 0 aliphatic carbocycles. The van der Waals surface area contributed by atoms with E-state index in [-0.39, 0.29) is 5.54 Å². The molecule has 0 saturated heterocycles. The van der Waals surface area contributed by atoms with Gasteiger partial charge in [0, 0.05) is 5.54 Å². The monoisotopic (exact) mass is 445 g/mol. The molecule has 3 aromatic carbocycles. The van der Waals surface area contributed by atoms with Crippen LogP contribution < -0.4 is 19.5 Å². The number of aryl methyl sites for hydroxylation is 1. The van der Waals surface area contributed by atoms with Gasteiger partial charge < -0.3 is 19.5 Å². The highest BCUT2D eigenvalue weighted by molar-refractivity contribution is 5.49. The smallest absolute Gasteiger partial charge is 0.160 e. The second-order valence-electron chi connectivity index (χ2n) is 8.30. The molecule has 33 heavy (non-hydrogen) atoms. The fraction of sp³-hybridized carbons (Fsp3) is 0.310. The third-order valence-corrected chi connectivity index (χ3v) is 5.95. The Morgan fingerprint density at radius 1 is 0.818 bits per heavy atom. The molecule has 0 aliphatic rings. The van der Waals surface area contributed by atoms with Gasteiger partial charge in [0.25, 0.3) is 0 Å². The molecule has 0 amide bonds. The van der Waals surface area contributed by atoms with E-state index in [1.54, 1.807) is 21.3 Å². The van der Waals surface area contributed by atoms with Crippen LogP contribution in [0.15, 0.2) is 78.9 Å². The first-order chi connectivity index (χ1) is 16.1. The minimum Gasteiger partial charge on any atom is -0.497 e. The van der Waals surface area contributed by atoms with Gasteiger partial charge in [-0.3, -0.25) is 0 Å². The van der Waals surface area contributed by atoms with E-state index in [4.69, 9.17) is 14.2 Å². The number of rotatable bonds is 12. The van der Waals surface area contributed by atoms with Gasteiger partial charge in [-0.05, 0) is 73.7 Å². The summed E-state index contributed by atoms with van der Waals surface area (Å²) < 4.78 is 16.3. The summed E-state index contributed by atoms with van der Waals surface area (Å²) >= 11 is 0. The maximum atomic E-state index is 5.48. The zero-order valence-electron chi connectivity index (χ0n) is 20.1. The van der Waals surface area contributed by atoms with Gasteiger partial charge in [-0.1, -0.05) is 60.7 Å². The third kappa shape index (κ3) is 6.87. The maximum Gasteiger partial charge on any atom is 0.160 e. The number of benzene rings is 3. The molecule has 174 valence electrons. The van der Waals surface area contributed by atoms with Crippen molar-refractivity contribution in [1.82, 2.24) is 5.32 Å². The van der Waals surface area contributed by atoms with Crippen molar-refractivity contribution in [3.05, 3.63) is 95.6 Å². The molecule has 0 saturated carbocycles. The normalized spacial score (nSPS) is 13.0. The molecule has 0 heterocycles. The van der Waals surface area contributed by atoms with Gasteiger partial charge in [0.05, 0.1) is 21.3 Å². The lowest BCUT2D eigenvalue weighted by atomic mass is 9.87. The van der Waals surface area contributed by atoms with Crippen LogP contribution in [0.25, 0.3) is 6.08 Å². The first-order valence-electron chi connectivity index (χ1n) is 11.4. The zero-order valence-corrected chi connectivity index (χ0v) is 20.1. The average Bonchev–Trinajstić information content (AvgIpc) is 2.87. The standard InChI is InChI=1S/C29H35NO3/c1-29(25-15-8-16-26(22-25)31-2,19-9-13-23-11-6-5-7-12-23)30-20-10-14-24-17-18-27(32-3)28(21-24)33-4/h5-9,11-13,15-18,21-22,30H,10,14,19-20H2,1-4H3. The average molecular weight is 446 g/mol. The molecule has 0 aliphatic heterocycles. The van der Waals surface area contributed by atoms with Crippen molar-refractivity contribution >= 4 is 6.08 Å². The lowest BCUT2D eigenvalue weighted by molar-refractivity contribution is 0.354. The van der Waals surface area contributed by atoms with Gasteiger partial charge in [0.2, 0.25) is 0 Å². The van der Waals surface area contributed by atoms with Gasteiger partial charge in [-0.25, -0.2) is 0 Å². The second-order valence-corrected chi connectivity index (χ2v) is 8.30. The van der Waals surface area contributed by atoms with Crippen LogP contribution in [-0.2, 0) is 12.0 Å². The second kappa shape index (κ2) is 12.1. The Labute approximate surface area is 198 Å². The first kappa shape index (κ1) is 24.4. The molecule has 0 aromatic heterocycles. The predicted molar refractivity (Wildman–Crippen MR) is 136 cm³/mol. The number of hydrogen-bond acceptors (Lipinski definition) is 4. The molecule has 4 nitrogen and oxygen atoms in total. The van der Waals surface area contributed by atoms with Crippen LogP contribution in [0.5, 0.6) is 17.2 Å². The van der Waals surface area contributed by atoms with Gasteiger partial charge in [0.15, 0.2) is 11.5 Å². The quantitative estimate of drug-likeness (QED) is 0.334. The molecule has 1 unspecified atom stereocenters. The highest BCUT2D eigenvalue weighted by Gasteiger charge is 2.25. The molecule has 0 fully saturated rings. The Hall–Kier alpha value is -3.24. The molecule has 1 atom stereocenters. The lowest BCUT2D eigenvalue weighted by Crippen LogP contribution is -2.40. The summed E-state index contributed by atoms with van der Waals surface area (Å²) in [5.41, 5.74) is 3.45. The van der Waals surface area contributed by atoms with E-state index >= 15 is 0 Å². The Balaban J connectivity index is 1.68. The summed E-state index contributed by atoms with van der Waals surface area (Å²) in [4.78, 5) is 0. The molecule has 0 spiro atoms. The van der Waals surface area contributed by atoms with Crippen LogP contribution in [0.2, 0.25) is 0 Å². The summed E-state index contributed by atoms with van der Waals surface area (Å²) in [5, 5.41) is 3.81. The fourth-order valence-corrected chi connectivity index (χ4v) is 3.95. The molecule has 0 radical (unpaired) electrons. The number of hydrogen-bond donors (Lipinski definition) is 1. The van der Waals surface area contributed by atoms with E-state index in [2.05, 4.69) is 79.0 Å². The van der Waals surface area contributed by atoms with Gasteiger partial charge >= 0.3 is 0 Å². The van der Waals surface area contributed by atoms with E-state index in [1.165, 1.54) is 16.7 Å². The summed E-state index contributed by atoms with van der Waals surface area (Å²) in [6.07, 6.45) is 7.27. The van der Waals surface area contributed by atoms with E-state index < -0.39 is 0 Å². The molecular formula is C29H35NO3. The van der Waals surface area contributed by atoms with Crippen LogP contribution in [0.4, 0.5) is 0 Å². The fourth-order valence-electron chi connectivity index (χ4n) is 3.95. The van der Waals surface area contributed by atoms with Crippen molar-refractivity contribution in [3.63, 3.8) is 0 Å². The maximum absolute atomic E-state index is 5.48. The summed E-state index contributed by atoms with van der Waals surface area (Å²) in [7, 11) is 5.04. The molecular weight excluding hydrogens is 410 g/mol. The minimum atomic E-state index is -0.211. The van der Waals surface area contributed by atoms with E-state index in [9.17, 15) is 0 Å². The number of nitrogens with one attached hydrogen (secondary N) is 1. The Morgan fingerprint density at radius 3 is 2.33 bits per heavy atom. The molecule has 3 rings (SSSR count). The van der Waals surface area contributed by atoms with Crippen LogP contribution in [0, 0.1) is 0 Å². The number of methoxy groups -OCH3 is 3. The Morgan fingerprint density at radius 2 is 1.61 bits per heavy atom. The van der Waals surface area contributed by atoms with E-state index in [0.29, 0.717) is 0 Å². The van der Waals surface area contributed by atoms with Crippen molar-refractivity contribution in [2.75, 3.05) is 27.9 Å². The lowest BCUT2D eigenvalue weighted by Gasteiger charge is -2.31. The minimum absolute atomic E-state index is 0.211. The van der Waals surface area contributed by atoms with Crippen molar-refractivity contribution < 1.29 is 14.2 Å². The molecule has 3 aromatic rings. The molecule has 0 bridgehead atoms. The highest BCUT2D eigenvalue weighted by Crippen LogP contribution is 2.30.